The Balaban J connectivity index is 2.50. The van der Waals surface area contributed by atoms with Crippen molar-refractivity contribution in [3.8, 4) is 11.3 Å². The summed E-state index contributed by atoms with van der Waals surface area (Å²) in [6.07, 6.45) is 3.46. The molecule has 14 heavy (non-hydrogen) atoms. The van der Waals surface area contributed by atoms with E-state index in [0.29, 0.717) is 6.54 Å². The van der Waals surface area contributed by atoms with E-state index in [2.05, 4.69) is 10.1 Å². The molecule has 0 atom stereocenters. The third-order valence-electron chi connectivity index (χ3n) is 2.02. The molecule has 2 aromatic heterocycles. The first-order valence-electron chi connectivity index (χ1n) is 4.38. The van der Waals surface area contributed by atoms with E-state index in [0.717, 1.165) is 22.6 Å². The highest BCUT2D eigenvalue weighted by molar-refractivity contribution is 5.61. The van der Waals surface area contributed by atoms with E-state index in [4.69, 9.17) is 10.3 Å². The molecule has 0 bridgehead atoms. The maximum Gasteiger partial charge on any atom is 0.167 e. The van der Waals surface area contributed by atoms with E-state index in [1.807, 2.05) is 19.1 Å². The second kappa shape index (κ2) is 3.59. The van der Waals surface area contributed by atoms with Crippen molar-refractivity contribution in [3.63, 3.8) is 0 Å². The van der Waals surface area contributed by atoms with Crippen molar-refractivity contribution < 1.29 is 4.52 Å². The monoisotopic (exact) mass is 189 g/mol. The zero-order chi connectivity index (χ0) is 9.97. The molecule has 0 aliphatic rings. The lowest BCUT2D eigenvalue weighted by molar-refractivity contribution is 0.426. The Morgan fingerprint density at radius 1 is 1.50 bits per heavy atom. The summed E-state index contributed by atoms with van der Waals surface area (Å²) >= 11 is 0. The average molecular weight is 189 g/mol. The molecule has 0 saturated carbocycles. The Bertz CT molecular complexity index is 436. The number of aryl methyl sites for hydroxylation is 1. The molecule has 4 nitrogen and oxygen atoms in total. The van der Waals surface area contributed by atoms with E-state index in [-0.39, 0.29) is 0 Å². The van der Waals surface area contributed by atoms with Crippen LogP contribution in [0.3, 0.4) is 0 Å². The standard InChI is InChI=1S/C10H11N3O/c1-7-4-10(14-13-7)9-2-3-12-6-8(9)5-11/h2-4,6H,5,11H2,1H3. The van der Waals surface area contributed by atoms with E-state index >= 15 is 0 Å². The van der Waals surface area contributed by atoms with Gasteiger partial charge in [-0.2, -0.15) is 0 Å². The van der Waals surface area contributed by atoms with Gasteiger partial charge in [-0.15, -0.1) is 0 Å². The number of pyridine rings is 1. The summed E-state index contributed by atoms with van der Waals surface area (Å²) in [5, 5.41) is 3.83. The number of nitrogens with two attached hydrogens (primary N) is 1. The SMILES string of the molecule is Cc1cc(-c2ccncc2CN)on1. The first kappa shape index (κ1) is 8.90. The van der Waals surface area contributed by atoms with Crippen LogP contribution in [0.4, 0.5) is 0 Å². The fourth-order valence-corrected chi connectivity index (χ4v) is 1.32. The fraction of sp³-hybridized carbons (Fsp3) is 0.200. The Morgan fingerprint density at radius 2 is 2.36 bits per heavy atom. The molecule has 0 spiro atoms. The van der Waals surface area contributed by atoms with Crippen LogP contribution >= 0.6 is 0 Å². The molecule has 2 aromatic rings. The number of aromatic nitrogens is 2. The van der Waals surface area contributed by atoms with E-state index < -0.39 is 0 Å². The minimum absolute atomic E-state index is 0.447. The van der Waals surface area contributed by atoms with Crippen molar-refractivity contribution in [1.82, 2.24) is 10.1 Å². The predicted molar refractivity (Wildman–Crippen MR) is 52.4 cm³/mol. The highest BCUT2D eigenvalue weighted by Gasteiger charge is 2.08. The first-order valence-corrected chi connectivity index (χ1v) is 4.38. The Morgan fingerprint density at radius 3 is 3.00 bits per heavy atom. The minimum atomic E-state index is 0.447. The zero-order valence-electron chi connectivity index (χ0n) is 7.90. The molecule has 72 valence electrons. The van der Waals surface area contributed by atoms with E-state index in [1.54, 1.807) is 12.4 Å². The van der Waals surface area contributed by atoms with Gasteiger partial charge in [0.25, 0.3) is 0 Å². The van der Waals surface area contributed by atoms with Crippen molar-refractivity contribution >= 4 is 0 Å². The van der Waals surface area contributed by atoms with Crippen LogP contribution in [-0.4, -0.2) is 10.1 Å². The molecule has 0 amide bonds. The average Bonchev–Trinajstić information content (AvgIpc) is 2.65. The van der Waals surface area contributed by atoms with Crippen LogP contribution in [0.2, 0.25) is 0 Å². The maximum absolute atomic E-state index is 5.59. The second-order valence-electron chi connectivity index (χ2n) is 3.07. The van der Waals surface area contributed by atoms with Crippen LogP contribution in [-0.2, 0) is 6.54 Å². The molecule has 2 heterocycles. The lowest BCUT2D eigenvalue weighted by atomic mass is 10.1. The summed E-state index contributed by atoms with van der Waals surface area (Å²) < 4.78 is 5.16. The summed E-state index contributed by atoms with van der Waals surface area (Å²) in [5.74, 6) is 0.741. The fourth-order valence-electron chi connectivity index (χ4n) is 1.32. The smallest absolute Gasteiger partial charge is 0.167 e. The van der Waals surface area contributed by atoms with Crippen molar-refractivity contribution in [2.75, 3.05) is 0 Å². The number of hydrogen-bond donors (Lipinski definition) is 1. The number of rotatable bonds is 2. The quantitative estimate of drug-likeness (QED) is 0.777. The number of nitrogens with zero attached hydrogens (tertiary/aromatic N) is 2. The predicted octanol–water partition coefficient (Wildman–Crippen LogP) is 1.50. The molecule has 0 fully saturated rings. The van der Waals surface area contributed by atoms with Crippen molar-refractivity contribution in [2.24, 2.45) is 5.73 Å². The maximum atomic E-state index is 5.59. The Labute approximate surface area is 81.7 Å². The minimum Gasteiger partial charge on any atom is -0.356 e. The molecule has 0 aromatic carbocycles. The van der Waals surface area contributed by atoms with Gasteiger partial charge in [0, 0.05) is 30.6 Å². The topological polar surface area (TPSA) is 64.9 Å². The summed E-state index contributed by atoms with van der Waals surface area (Å²) in [5.41, 5.74) is 8.38. The van der Waals surface area contributed by atoms with Crippen LogP contribution in [0.15, 0.2) is 29.0 Å². The molecule has 0 aliphatic carbocycles. The molecular weight excluding hydrogens is 178 g/mol. The highest BCUT2D eigenvalue weighted by atomic mass is 16.5. The van der Waals surface area contributed by atoms with Gasteiger partial charge in [0.1, 0.15) is 0 Å². The van der Waals surface area contributed by atoms with Gasteiger partial charge in [0.15, 0.2) is 5.76 Å². The van der Waals surface area contributed by atoms with Crippen molar-refractivity contribution in [2.45, 2.75) is 13.5 Å². The summed E-state index contributed by atoms with van der Waals surface area (Å²) in [6.45, 7) is 2.33. The Hall–Kier alpha value is -1.68. The van der Waals surface area contributed by atoms with Gasteiger partial charge in [-0.3, -0.25) is 4.98 Å². The summed E-state index contributed by atoms with van der Waals surface area (Å²) in [7, 11) is 0. The van der Waals surface area contributed by atoms with Crippen molar-refractivity contribution in [3.05, 3.63) is 35.8 Å². The van der Waals surface area contributed by atoms with Crippen LogP contribution < -0.4 is 5.73 Å². The summed E-state index contributed by atoms with van der Waals surface area (Å²) in [4.78, 5) is 4.01. The zero-order valence-corrected chi connectivity index (χ0v) is 7.90. The van der Waals surface area contributed by atoms with Gasteiger partial charge in [-0.1, -0.05) is 5.16 Å². The summed E-state index contributed by atoms with van der Waals surface area (Å²) in [6, 6.07) is 3.76. The van der Waals surface area contributed by atoms with Crippen LogP contribution in [0.25, 0.3) is 11.3 Å². The highest BCUT2D eigenvalue weighted by Crippen LogP contribution is 2.22. The third-order valence-corrected chi connectivity index (χ3v) is 2.02. The third kappa shape index (κ3) is 1.52. The molecule has 0 aliphatic heterocycles. The van der Waals surface area contributed by atoms with Gasteiger partial charge in [-0.25, -0.2) is 0 Å². The van der Waals surface area contributed by atoms with Crippen LogP contribution in [0, 0.1) is 6.92 Å². The molecular formula is C10H11N3O. The first-order chi connectivity index (χ1) is 6.81. The largest absolute Gasteiger partial charge is 0.356 e. The molecule has 0 unspecified atom stereocenters. The van der Waals surface area contributed by atoms with Gasteiger partial charge in [0.05, 0.1) is 5.69 Å². The normalized spacial score (nSPS) is 10.4. The van der Waals surface area contributed by atoms with Gasteiger partial charge >= 0.3 is 0 Å². The number of hydrogen-bond acceptors (Lipinski definition) is 4. The second-order valence-corrected chi connectivity index (χ2v) is 3.07. The molecule has 4 heteroatoms. The van der Waals surface area contributed by atoms with Gasteiger partial charge in [-0.05, 0) is 18.6 Å². The van der Waals surface area contributed by atoms with Crippen molar-refractivity contribution in [1.29, 1.82) is 0 Å². The van der Waals surface area contributed by atoms with Gasteiger partial charge < -0.3 is 10.3 Å². The van der Waals surface area contributed by atoms with Gasteiger partial charge in [0.2, 0.25) is 0 Å². The lowest BCUT2D eigenvalue weighted by Gasteiger charge is -2.01. The van der Waals surface area contributed by atoms with Crippen LogP contribution in [0.1, 0.15) is 11.3 Å². The molecule has 0 radical (unpaired) electrons. The molecule has 2 N–H and O–H groups in total. The van der Waals surface area contributed by atoms with E-state index in [1.165, 1.54) is 0 Å². The van der Waals surface area contributed by atoms with Crippen LogP contribution in [0.5, 0.6) is 0 Å². The Kier molecular flexibility index (Phi) is 2.28. The molecule has 0 saturated heterocycles. The lowest BCUT2D eigenvalue weighted by Crippen LogP contribution is -1.99. The van der Waals surface area contributed by atoms with E-state index in [9.17, 15) is 0 Å². The molecule has 2 rings (SSSR count).